The predicted octanol–water partition coefficient (Wildman–Crippen LogP) is 3.11. The van der Waals surface area contributed by atoms with Gasteiger partial charge in [0.15, 0.2) is 5.60 Å². The van der Waals surface area contributed by atoms with Crippen LogP contribution in [0, 0.1) is 17.2 Å². The molecule has 5 rings (SSSR count). The van der Waals surface area contributed by atoms with Crippen molar-refractivity contribution in [1.82, 2.24) is 15.5 Å². The number of nitriles is 1. The van der Waals surface area contributed by atoms with Gasteiger partial charge in [-0.3, -0.25) is 14.4 Å². The molecule has 0 bridgehead atoms. The third-order valence-electron chi connectivity index (χ3n) is 7.83. The fraction of sp³-hybridized carbons (Fsp3) is 0.429. The minimum Gasteiger partial charge on any atom is -0.372 e. The summed E-state index contributed by atoms with van der Waals surface area (Å²) in [5, 5.41) is 27.1. The van der Waals surface area contributed by atoms with E-state index in [-0.39, 0.29) is 28.5 Å². The van der Waals surface area contributed by atoms with E-state index >= 15 is 0 Å². The molecule has 2 aromatic carbocycles. The molecule has 39 heavy (non-hydrogen) atoms. The summed E-state index contributed by atoms with van der Waals surface area (Å²) in [5.41, 5.74) is -0.613. The van der Waals surface area contributed by atoms with Gasteiger partial charge in [0.25, 0.3) is 11.8 Å². The molecule has 8 nitrogen and oxygen atoms in total. The van der Waals surface area contributed by atoms with Gasteiger partial charge in [0.05, 0.1) is 6.07 Å². The number of rotatable bonds is 5. The van der Waals surface area contributed by atoms with Crippen molar-refractivity contribution < 1.29 is 28.3 Å². The molecule has 2 fully saturated rings. The van der Waals surface area contributed by atoms with Gasteiger partial charge in [0.1, 0.15) is 12.1 Å². The number of amides is 3. The lowest BCUT2D eigenvalue weighted by Gasteiger charge is -2.42. The van der Waals surface area contributed by atoms with Crippen molar-refractivity contribution in [2.75, 3.05) is 13.1 Å². The van der Waals surface area contributed by atoms with E-state index in [4.69, 9.17) is 11.6 Å². The number of nitrogens with one attached hydrogen (secondary N) is 2. The smallest absolute Gasteiger partial charge is 0.264 e. The number of benzene rings is 2. The summed E-state index contributed by atoms with van der Waals surface area (Å²) in [5.74, 6) is -5.82. The van der Waals surface area contributed by atoms with Crippen LogP contribution in [0.25, 0.3) is 11.1 Å². The Bertz CT molecular complexity index is 1380. The molecule has 1 unspecified atom stereocenters. The molecule has 0 spiro atoms. The van der Waals surface area contributed by atoms with Crippen LogP contribution in [0.2, 0.25) is 5.02 Å². The van der Waals surface area contributed by atoms with Crippen LogP contribution in [0.15, 0.2) is 42.5 Å². The Labute approximate surface area is 228 Å². The fourth-order valence-electron chi connectivity index (χ4n) is 5.84. The highest BCUT2D eigenvalue weighted by molar-refractivity contribution is 6.30. The van der Waals surface area contributed by atoms with Crippen LogP contribution < -0.4 is 10.6 Å². The standard InChI is InChI=1S/C28H27ClF2N4O4/c29-17-7-8-20-19-5-1-2-6-21(19)28(39,22(20)13-17)26(38)35-11-9-27(30,31)14-23(35)25(37)34-18(15-32)12-16-4-3-10-33-24(16)36/h1-2,5-8,13,16,18,23,39H,3-4,9-12,14H2,(H,33,36)(H,34,37)/t16-,18-,23-,28?/m0/s1. The first-order valence-electron chi connectivity index (χ1n) is 12.8. The van der Waals surface area contributed by atoms with Crippen LogP contribution in [0.3, 0.4) is 0 Å². The van der Waals surface area contributed by atoms with E-state index in [9.17, 15) is 33.5 Å². The summed E-state index contributed by atoms with van der Waals surface area (Å²) in [6.07, 6.45) is -0.362. The van der Waals surface area contributed by atoms with Gasteiger partial charge in [-0.15, -0.1) is 0 Å². The van der Waals surface area contributed by atoms with Crippen LogP contribution in [0.4, 0.5) is 8.78 Å². The zero-order chi connectivity index (χ0) is 27.9. The molecule has 2 saturated heterocycles. The van der Waals surface area contributed by atoms with Crippen molar-refractivity contribution in [3.63, 3.8) is 0 Å². The summed E-state index contributed by atoms with van der Waals surface area (Å²) in [7, 11) is 0. The number of piperidine rings is 2. The van der Waals surface area contributed by atoms with Gasteiger partial charge in [-0.1, -0.05) is 41.9 Å². The maximum absolute atomic E-state index is 14.6. The SMILES string of the molecule is N#C[C@H](C[C@@H]1CCCNC1=O)NC(=O)[C@@H]1CC(F)(F)CCN1C(=O)C1(O)c2ccccc2-c2ccc(Cl)cc21. The zero-order valence-corrected chi connectivity index (χ0v) is 21.7. The quantitative estimate of drug-likeness (QED) is 0.522. The van der Waals surface area contributed by atoms with Crippen molar-refractivity contribution in [3.05, 3.63) is 58.6 Å². The number of fused-ring (bicyclic) bond motifs is 3. The second-order valence-electron chi connectivity index (χ2n) is 10.3. The van der Waals surface area contributed by atoms with Gasteiger partial charge in [0.2, 0.25) is 11.8 Å². The van der Waals surface area contributed by atoms with E-state index in [2.05, 4.69) is 10.6 Å². The van der Waals surface area contributed by atoms with Crippen molar-refractivity contribution in [2.24, 2.45) is 5.92 Å². The van der Waals surface area contributed by atoms with Crippen LogP contribution in [0.1, 0.15) is 43.2 Å². The molecule has 11 heteroatoms. The summed E-state index contributed by atoms with van der Waals surface area (Å²) in [6, 6.07) is 10.7. The summed E-state index contributed by atoms with van der Waals surface area (Å²) in [6.45, 7) is 0.0556. The van der Waals surface area contributed by atoms with Gasteiger partial charge in [-0.2, -0.15) is 5.26 Å². The summed E-state index contributed by atoms with van der Waals surface area (Å²) < 4.78 is 29.2. The van der Waals surface area contributed by atoms with Crippen LogP contribution in [-0.4, -0.2) is 58.8 Å². The van der Waals surface area contributed by atoms with Crippen molar-refractivity contribution in [3.8, 4) is 17.2 Å². The average molecular weight is 557 g/mol. The average Bonchev–Trinajstić information content (AvgIpc) is 3.17. The first-order valence-corrected chi connectivity index (χ1v) is 13.2. The number of alkyl halides is 2. The van der Waals surface area contributed by atoms with Gasteiger partial charge in [-0.05, 0) is 42.5 Å². The van der Waals surface area contributed by atoms with E-state index in [1.807, 2.05) is 6.07 Å². The van der Waals surface area contributed by atoms with E-state index in [1.165, 1.54) is 6.07 Å². The summed E-state index contributed by atoms with van der Waals surface area (Å²) >= 11 is 6.21. The first-order chi connectivity index (χ1) is 18.5. The van der Waals surface area contributed by atoms with E-state index < -0.39 is 60.7 Å². The van der Waals surface area contributed by atoms with Gasteiger partial charge >= 0.3 is 0 Å². The maximum Gasteiger partial charge on any atom is 0.264 e. The molecule has 3 N–H and O–H groups in total. The maximum atomic E-state index is 14.6. The first kappa shape index (κ1) is 27.0. The number of hydrogen-bond donors (Lipinski definition) is 3. The lowest BCUT2D eigenvalue weighted by molar-refractivity contribution is -0.164. The molecule has 0 saturated carbocycles. The molecule has 3 amide bonds. The predicted molar refractivity (Wildman–Crippen MR) is 137 cm³/mol. The fourth-order valence-corrected chi connectivity index (χ4v) is 6.01. The lowest BCUT2D eigenvalue weighted by atomic mass is 9.87. The number of hydrogen-bond acceptors (Lipinski definition) is 5. The second-order valence-corrected chi connectivity index (χ2v) is 10.8. The van der Waals surface area contributed by atoms with Crippen LogP contribution >= 0.6 is 11.6 Å². The Hall–Kier alpha value is -3.55. The highest BCUT2D eigenvalue weighted by Gasteiger charge is 2.54. The molecular formula is C28H27ClF2N4O4. The molecule has 0 aromatic heterocycles. The van der Waals surface area contributed by atoms with E-state index in [0.717, 1.165) is 11.3 Å². The van der Waals surface area contributed by atoms with Crippen molar-refractivity contribution in [1.29, 1.82) is 5.26 Å². The molecule has 2 aromatic rings. The van der Waals surface area contributed by atoms with Gasteiger partial charge in [0, 0.05) is 48.0 Å². The lowest BCUT2D eigenvalue weighted by Crippen LogP contribution is -2.61. The number of aliphatic hydroxyl groups is 1. The third kappa shape index (κ3) is 4.85. The molecule has 1 aliphatic carbocycles. The number of halogens is 3. The molecule has 3 aliphatic rings. The molecule has 204 valence electrons. The monoisotopic (exact) mass is 556 g/mol. The summed E-state index contributed by atoms with van der Waals surface area (Å²) in [4.78, 5) is 40.6. The highest BCUT2D eigenvalue weighted by Crippen LogP contribution is 2.50. The van der Waals surface area contributed by atoms with Crippen LogP contribution in [-0.2, 0) is 20.0 Å². The number of nitrogens with zero attached hydrogens (tertiary/aromatic N) is 2. The Kier molecular flexibility index (Phi) is 7.08. The third-order valence-corrected chi connectivity index (χ3v) is 8.07. The normalized spacial score (nSPS) is 26.0. The number of carbonyl (C=O) groups excluding carboxylic acids is 3. The molecular weight excluding hydrogens is 530 g/mol. The molecule has 2 aliphatic heterocycles. The number of carbonyl (C=O) groups is 3. The van der Waals surface area contributed by atoms with Gasteiger partial charge < -0.3 is 20.6 Å². The van der Waals surface area contributed by atoms with Gasteiger partial charge in [-0.25, -0.2) is 8.78 Å². The van der Waals surface area contributed by atoms with E-state index in [0.29, 0.717) is 24.1 Å². The van der Waals surface area contributed by atoms with Crippen molar-refractivity contribution >= 4 is 29.3 Å². The largest absolute Gasteiger partial charge is 0.372 e. The van der Waals surface area contributed by atoms with Crippen LogP contribution in [0.5, 0.6) is 0 Å². The molecule has 0 radical (unpaired) electrons. The Morgan fingerprint density at radius 1 is 1.23 bits per heavy atom. The number of likely N-dealkylation sites (tertiary alicyclic amines) is 1. The second kappa shape index (κ2) is 10.2. The molecule has 2 heterocycles. The molecule has 4 atom stereocenters. The minimum atomic E-state index is -3.23. The Morgan fingerprint density at radius 3 is 2.72 bits per heavy atom. The van der Waals surface area contributed by atoms with Crippen molar-refractivity contribution in [2.45, 2.75) is 55.7 Å². The Balaban J connectivity index is 1.45. The Morgan fingerprint density at radius 2 is 1.97 bits per heavy atom. The highest BCUT2D eigenvalue weighted by atomic mass is 35.5. The van der Waals surface area contributed by atoms with E-state index in [1.54, 1.807) is 36.4 Å². The minimum absolute atomic E-state index is 0.0221. The topological polar surface area (TPSA) is 123 Å². The zero-order valence-electron chi connectivity index (χ0n) is 20.9.